The van der Waals surface area contributed by atoms with Gasteiger partial charge in [0.25, 0.3) is 0 Å². The molecule has 90 valence electrons. The fourth-order valence-corrected chi connectivity index (χ4v) is 1.44. The minimum Gasteiger partial charge on any atom is -0.469 e. The molecule has 1 heterocycles. The summed E-state index contributed by atoms with van der Waals surface area (Å²) in [7, 11) is 1.88. The van der Waals surface area contributed by atoms with Gasteiger partial charge in [0.1, 0.15) is 5.76 Å². The molecule has 0 saturated heterocycles. The summed E-state index contributed by atoms with van der Waals surface area (Å²) in [5.74, 6) is 0.697. The Balaban J connectivity index is 2.39. The second kappa shape index (κ2) is 5.70. The Morgan fingerprint density at radius 3 is 2.75 bits per heavy atom. The average molecular weight is 225 g/mol. The summed E-state index contributed by atoms with van der Waals surface area (Å²) < 4.78 is 10.3. The molecule has 0 radical (unpaired) electrons. The maximum atomic E-state index is 11.4. The maximum absolute atomic E-state index is 11.4. The number of likely N-dealkylation sites (N-methyl/N-ethyl adjacent to an activating group) is 1. The lowest BCUT2D eigenvalue weighted by Crippen LogP contribution is -2.28. The van der Waals surface area contributed by atoms with Gasteiger partial charge in [0.2, 0.25) is 0 Å². The summed E-state index contributed by atoms with van der Waals surface area (Å²) >= 11 is 0. The predicted octanol–water partition coefficient (Wildman–Crippen LogP) is 1.97. The van der Waals surface area contributed by atoms with E-state index in [1.807, 2.05) is 38.8 Å². The molecule has 4 heteroatoms. The molecule has 0 atom stereocenters. The zero-order chi connectivity index (χ0) is 12.1. The van der Waals surface area contributed by atoms with Crippen molar-refractivity contribution in [3.8, 4) is 0 Å². The van der Waals surface area contributed by atoms with Crippen LogP contribution >= 0.6 is 0 Å². The molecule has 1 aromatic heterocycles. The predicted molar refractivity (Wildman–Crippen MR) is 61.0 cm³/mol. The number of hydrogen-bond donors (Lipinski definition) is 0. The van der Waals surface area contributed by atoms with Crippen LogP contribution in [0, 0.1) is 6.92 Å². The van der Waals surface area contributed by atoms with Gasteiger partial charge in [0.15, 0.2) is 0 Å². The zero-order valence-electron chi connectivity index (χ0n) is 10.3. The van der Waals surface area contributed by atoms with Crippen LogP contribution in [0.4, 0.5) is 0 Å². The van der Waals surface area contributed by atoms with E-state index in [4.69, 9.17) is 9.15 Å². The van der Waals surface area contributed by atoms with E-state index in [-0.39, 0.29) is 12.1 Å². The van der Waals surface area contributed by atoms with Gasteiger partial charge in [-0.1, -0.05) is 0 Å². The van der Waals surface area contributed by atoms with Crippen molar-refractivity contribution in [2.24, 2.45) is 0 Å². The van der Waals surface area contributed by atoms with Crippen molar-refractivity contribution in [3.05, 3.63) is 23.7 Å². The highest BCUT2D eigenvalue weighted by atomic mass is 16.5. The van der Waals surface area contributed by atoms with E-state index in [1.54, 1.807) is 6.26 Å². The van der Waals surface area contributed by atoms with Crippen molar-refractivity contribution in [1.82, 2.24) is 4.90 Å². The molecular formula is C12H19NO3. The zero-order valence-corrected chi connectivity index (χ0v) is 10.3. The minimum absolute atomic E-state index is 0.0587. The third kappa shape index (κ3) is 4.06. The number of esters is 1. The topological polar surface area (TPSA) is 42.7 Å². The molecule has 0 unspecified atom stereocenters. The molecule has 0 bridgehead atoms. The molecule has 0 amide bonds. The van der Waals surface area contributed by atoms with Crippen molar-refractivity contribution in [1.29, 1.82) is 0 Å². The molecule has 0 aromatic carbocycles. The third-order valence-corrected chi connectivity index (χ3v) is 2.17. The molecule has 0 fully saturated rings. The van der Waals surface area contributed by atoms with Crippen LogP contribution in [0.25, 0.3) is 0 Å². The Morgan fingerprint density at radius 1 is 1.56 bits per heavy atom. The number of hydrogen-bond acceptors (Lipinski definition) is 4. The normalized spacial score (nSPS) is 11.1. The Morgan fingerprint density at radius 2 is 2.25 bits per heavy atom. The van der Waals surface area contributed by atoms with Crippen LogP contribution in [0.15, 0.2) is 16.7 Å². The second-order valence-corrected chi connectivity index (χ2v) is 4.21. The molecule has 0 aliphatic heterocycles. The first-order valence-electron chi connectivity index (χ1n) is 5.40. The summed E-state index contributed by atoms with van der Waals surface area (Å²) in [6.07, 6.45) is 1.60. The smallest absolute Gasteiger partial charge is 0.320 e. The largest absolute Gasteiger partial charge is 0.469 e. The minimum atomic E-state index is -0.196. The van der Waals surface area contributed by atoms with Crippen LogP contribution < -0.4 is 0 Å². The van der Waals surface area contributed by atoms with Gasteiger partial charge in [-0.15, -0.1) is 0 Å². The molecule has 4 nitrogen and oxygen atoms in total. The quantitative estimate of drug-likeness (QED) is 0.718. The third-order valence-electron chi connectivity index (χ3n) is 2.17. The Kier molecular flexibility index (Phi) is 4.55. The van der Waals surface area contributed by atoms with E-state index in [0.29, 0.717) is 13.1 Å². The van der Waals surface area contributed by atoms with E-state index in [0.717, 1.165) is 11.3 Å². The number of rotatable bonds is 5. The van der Waals surface area contributed by atoms with Gasteiger partial charge in [-0.25, -0.2) is 0 Å². The highest BCUT2D eigenvalue weighted by Gasteiger charge is 2.11. The monoisotopic (exact) mass is 225 g/mol. The first kappa shape index (κ1) is 12.8. The number of ether oxygens (including phenoxy) is 1. The van der Waals surface area contributed by atoms with Crippen molar-refractivity contribution < 1.29 is 13.9 Å². The lowest BCUT2D eigenvalue weighted by atomic mass is 10.2. The molecule has 1 rings (SSSR count). The van der Waals surface area contributed by atoms with Crippen molar-refractivity contribution >= 4 is 5.97 Å². The first-order chi connectivity index (χ1) is 7.49. The summed E-state index contributed by atoms with van der Waals surface area (Å²) in [5, 5.41) is 0. The van der Waals surface area contributed by atoms with Gasteiger partial charge in [-0.3, -0.25) is 9.69 Å². The Labute approximate surface area is 96.2 Å². The fraction of sp³-hybridized carbons (Fsp3) is 0.583. The second-order valence-electron chi connectivity index (χ2n) is 4.21. The van der Waals surface area contributed by atoms with Gasteiger partial charge in [-0.2, -0.15) is 0 Å². The van der Waals surface area contributed by atoms with Gasteiger partial charge < -0.3 is 9.15 Å². The molecule has 0 N–H and O–H groups in total. The first-order valence-corrected chi connectivity index (χ1v) is 5.40. The van der Waals surface area contributed by atoms with Crippen molar-refractivity contribution in [2.45, 2.75) is 33.4 Å². The van der Waals surface area contributed by atoms with Crippen LogP contribution in [0.2, 0.25) is 0 Å². The van der Waals surface area contributed by atoms with Gasteiger partial charge in [0, 0.05) is 12.1 Å². The summed E-state index contributed by atoms with van der Waals surface area (Å²) in [5.41, 5.74) is 1.10. The summed E-state index contributed by atoms with van der Waals surface area (Å²) in [4.78, 5) is 13.3. The van der Waals surface area contributed by atoms with Crippen LogP contribution in [0.1, 0.15) is 25.2 Å². The summed E-state index contributed by atoms with van der Waals surface area (Å²) in [6, 6.07) is 1.92. The lowest BCUT2D eigenvalue weighted by Gasteiger charge is -2.16. The van der Waals surface area contributed by atoms with E-state index >= 15 is 0 Å². The van der Waals surface area contributed by atoms with E-state index in [1.165, 1.54) is 0 Å². The number of furan rings is 1. The highest BCUT2D eigenvalue weighted by Crippen LogP contribution is 2.10. The van der Waals surface area contributed by atoms with Gasteiger partial charge >= 0.3 is 5.97 Å². The SMILES string of the molecule is Cc1occc1CN(C)CC(=O)OC(C)C. The molecule has 0 saturated carbocycles. The van der Waals surface area contributed by atoms with Crippen molar-refractivity contribution in [3.63, 3.8) is 0 Å². The fourth-order valence-electron chi connectivity index (χ4n) is 1.44. The van der Waals surface area contributed by atoms with E-state index in [9.17, 15) is 4.79 Å². The molecule has 0 aliphatic rings. The average Bonchev–Trinajstić information content (AvgIpc) is 2.49. The Hall–Kier alpha value is -1.29. The molecular weight excluding hydrogens is 206 g/mol. The van der Waals surface area contributed by atoms with Crippen molar-refractivity contribution in [2.75, 3.05) is 13.6 Å². The van der Waals surface area contributed by atoms with Crippen LogP contribution in [0.3, 0.4) is 0 Å². The van der Waals surface area contributed by atoms with Gasteiger partial charge in [0.05, 0.1) is 18.9 Å². The number of aryl methyl sites for hydroxylation is 1. The molecule has 0 aliphatic carbocycles. The van der Waals surface area contributed by atoms with Crippen LogP contribution in [-0.4, -0.2) is 30.6 Å². The molecule has 16 heavy (non-hydrogen) atoms. The highest BCUT2D eigenvalue weighted by molar-refractivity contribution is 5.71. The number of nitrogens with zero attached hydrogens (tertiary/aromatic N) is 1. The van der Waals surface area contributed by atoms with Crippen LogP contribution in [-0.2, 0) is 16.1 Å². The van der Waals surface area contributed by atoms with Crippen LogP contribution in [0.5, 0.6) is 0 Å². The summed E-state index contributed by atoms with van der Waals surface area (Å²) in [6.45, 7) is 6.59. The lowest BCUT2D eigenvalue weighted by molar-refractivity contribution is -0.148. The standard InChI is InChI=1S/C12H19NO3/c1-9(2)16-12(14)8-13(4)7-11-5-6-15-10(11)3/h5-6,9H,7-8H2,1-4H3. The molecule has 1 aromatic rings. The van der Waals surface area contributed by atoms with E-state index in [2.05, 4.69) is 0 Å². The molecule has 0 spiro atoms. The van der Waals surface area contributed by atoms with E-state index < -0.39 is 0 Å². The maximum Gasteiger partial charge on any atom is 0.320 e. The number of carbonyl (C=O) groups excluding carboxylic acids is 1. The number of carbonyl (C=O) groups is 1. The Bertz CT molecular complexity index is 344. The van der Waals surface area contributed by atoms with Gasteiger partial charge in [-0.05, 0) is 33.9 Å².